The van der Waals surface area contributed by atoms with Crippen LogP contribution >= 0.6 is 0 Å². The number of fused-ring (bicyclic) bond motifs is 2. The maximum absolute atomic E-state index is 13.0. The van der Waals surface area contributed by atoms with Gasteiger partial charge in [-0.3, -0.25) is 9.59 Å². The molecule has 3 aliphatic heterocycles. The zero-order valence-electron chi connectivity index (χ0n) is 14.1. The van der Waals surface area contributed by atoms with Gasteiger partial charge in [-0.1, -0.05) is 37.6 Å². The van der Waals surface area contributed by atoms with Crippen molar-refractivity contribution in [2.24, 2.45) is 29.1 Å². The van der Waals surface area contributed by atoms with Crippen LogP contribution in [-0.2, 0) is 14.3 Å². The number of allylic oxidation sites excluding steroid dienone is 1. The van der Waals surface area contributed by atoms with E-state index in [-0.39, 0.29) is 5.91 Å². The third kappa shape index (κ3) is 1.59. The molecule has 5 nitrogen and oxygen atoms in total. The second-order valence-electron chi connectivity index (χ2n) is 8.75. The minimum absolute atomic E-state index is 0.0468. The molecule has 3 fully saturated rings. The summed E-state index contributed by atoms with van der Waals surface area (Å²) < 4.78 is 5.95. The number of carboxylic acid groups (broad SMARTS) is 1. The first-order chi connectivity index (χ1) is 11.3. The molecule has 4 bridgehead atoms. The first-order valence-corrected chi connectivity index (χ1v) is 8.91. The Morgan fingerprint density at radius 2 is 2.25 bits per heavy atom. The number of carbonyl (C=O) groups excluding carboxylic acids is 1. The van der Waals surface area contributed by atoms with Gasteiger partial charge in [0, 0.05) is 6.54 Å². The Hall–Kier alpha value is -1.62. The van der Waals surface area contributed by atoms with Crippen molar-refractivity contribution in [3.8, 4) is 0 Å². The van der Waals surface area contributed by atoms with Crippen LogP contribution in [-0.4, -0.2) is 46.7 Å². The third-order valence-corrected chi connectivity index (χ3v) is 7.42. The molecule has 0 aromatic carbocycles. The van der Waals surface area contributed by atoms with E-state index in [4.69, 9.17) is 4.74 Å². The van der Waals surface area contributed by atoms with Gasteiger partial charge in [0.05, 0.1) is 18.6 Å². The summed E-state index contributed by atoms with van der Waals surface area (Å²) in [6, 6.07) is 0. The largest absolute Gasteiger partial charge is 0.481 e. The van der Waals surface area contributed by atoms with Gasteiger partial charge in [0.2, 0.25) is 5.91 Å². The summed E-state index contributed by atoms with van der Waals surface area (Å²) in [5.74, 6) is -0.934. The third-order valence-electron chi connectivity index (χ3n) is 7.42. The first-order valence-electron chi connectivity index (χ1n) is 8.91. The van der Waals surface area contributed by atoms with Crippen molar-refractivity contribution < 1.29 is 19.4 Å². The Bertz CT molecular complexity index is 708. The lowest BCUT2D eigenvalue weighted by molar-refractivity contribution is -0.148. The van der Waals surface area contributed by atoms with Gasteiger partial charge in [-0.25, -0.2) is 0 Å². The zero-order chi connectivity index (χ0) is 16.9. The molecule has 2 saturated heterocycles. The number of amides is 1. The Balaban J connectivity index is 1.40. The van der Waals surface area contributed by atoms with E-state index in [1.54, 1.807) is 0 Å². The highest BCUT2D eigenvalue weighted by atomic mass is 16.5. The number of ether oxygens (including phenoxy) is 1. The van der Waals surface area contributed by atoms with Gasteiger partial charge < -0.3 is 14.7 Å². The van der Waals surface area contributed by atoms with Gasteiger partial charge in [-0.2, -0.15) is 0 Å². The Morgan fingerprint density at radius 1 is 1.46 bits per heavy atom. The van der Waals surface area contributed by atoms with Gasteiger partial charge in [0.25, 0.3) is 0 Å². The smallest absolute Gasteiger partial charge is 0.310 e. The van der Waals surface area contributed by atoms with Crippen LogP contribution in [0.5, 0.6) is 0 Å². The van der Waals surface area contributed by atoms with Crippen LogP contribution in [0.25, 0.3) is 0 Å². The molecule has 0 aromatic rings. The average Bonchev–Trinajstić information content (AvgIpc) is 3.16. The van der Waals surface area contributed by atoms with Crippen molar-refractivity contribution in [3.05, 3.63) is 23.8 Å². The lowest BCUT2D eigenvalue weighted by Gasteiger charge is -2.56. The van der Waals surface area contributed by atoms with E-state index in [9.17, 15) is 14.7 Å². The summed E-state index contributed by atoms with van der Waals surface area (Å²) >= 11 is 0. The summed E-state index contributed by atoms with van der Waals surface area (Å²) in [7, 11) is 0. The van der Waals surface area contributed by atoms with Gasteiger partial charge >= 0.3 is 5.97 Å². The van der Waals surface area contributed by atoms with Crippen molar-refractivity contribution in [2.45, 2.75) is 38.4 Å². The Labute approximate surface area is 141 Å². The van der Waals surface area contributed by atoms with Crippen LogP contribution in [0, 0.1) is 29.1 Å². The average molecular weight is 329 g/mol. The lowest BCUT2D eigenvalue weighted by Crippen LogP contribution is -2.50. The lowest BCUT2D eigenvalue weighted by atomic mass is 9.49. The van der Waals surface area contributed by atoms with Crippen LogP contribution in [0.4, 0.5) is 0 Å². The number of hydrogen-bond donors (Lipinski definition) is 1. The van der Waals surface area contributed by atoms with Crippen LogP contribution < -0.4 is 0 Å². The molecule has 0 unspecified atom stereocenters. The van der Waals surface area contributed by atoms with E-state index >= 15 is 0 Å². The molecule has 1 N–H and O–H groups in total. The molecular weight excluding hydrogens is 306 g/mol. The van der Waals surface area contributed by atoms with E-state index in [0.717, 1.165) is 12.3 Å². The first kappa shape index (κ1) is 14.7. The van der Waals surface area contributed by atoms with Gasteiger partial charge in [0.15, 0.2) is 0 Å². The number of carbonyl (C=O) groups is 2. The minimum atomic E-state index is -0.925. The fourth-order valence-corrected chi connectivity index (χ4v) is 5.87. The van der Waals surface area contributed by atoms with E-state index in [0.29, 0.717) is 24.4 Å². The van der Waals surface area contributed by atoms with E-state index in [1.165, 1.54) is 12.0 Å². The summed E-state index contributed by atoms with van der Waals surface area (Å²) in [5.41, 5.74) is 0.981. The van der Waals surface area contributed by atoms with Gasteiger partial charge in [-0.15, -0.1) is 0 Å². The van der Waals surface area contributed by atoms with Gasteiger partial charge in [0.1, 0.15) is 11.5 Å². The number of hydrogen-bond acceptors (Lipinski definition) is 3. The van der Waals surface area contributed by atoms with E-state index in [1.807, 2.05) is 17.1 Å². The standard InChI is InChI=1S/C19H23NO4/c1-18(2)11-4-3-10(12(18)7-11)8-20-9-19-6-5-13(24-19)14(17(22)23)15(19)16(20)21/h3,5-6,11-15H,4,7-9H2,1-2H3,(H,22,23)/t11-,12+,13+,14+,15-,19+/m0/s1. The topological polar surface area (TPSA) is 66.8 Å². The van der Waals surface area contributed by atoms with Crippen molar-refractivity contribution >= 4 is 11.9 Å². The zero-order valence-corrected chi connectivity index (χ0v) is 14.1. The molecule has 1 saturated carbocycles. The molecule has 1 amide bonds. The fourth-order valence-electron chi connectivity index (χ4n) is 5.87. The SMILES string of the molecule is CC1(C)[C@H]2CC=C(CN3C[C@@]45C=C[C@@H](O4)[C@@H](C(=O)O)[C@H]5C3=O)[C@H]1C2. The van der Waals surface area contributed by atoms with Crippen molar-refractivity contribution in [2.75, 3.05) is 13.1 Å². The molecule has 6 aliphatic rings. The molecular formula is C19H23NO4. The second kappa shape index (κ2) is 4.31. The number of aliphatic carboxylic acids is 1. The predicted molar refractivity (Wildman–Crippen MR) is 86.0 cm³/mol. The van der Waals surface area contributed by atoms with Crippen molar-refractivity contribution in [1.82, 2.24) is 4.90 Å². The predicted octanol–water partition coefficient (Wildman–Crippen LogP) is 1.85. The second-order valence-corrected chi connectivity index (χ2v) is 8.75. The van der Waals surface area contributed by atoms with E-state index in [2.05, 4.69) is 19.9 Å². The fraction of sp³-hybridized carbons (Fsp3) is 0.684. The molecule has 128 valence electrons. The summed E-state index contributed by atoms with van der Waals surface area (Å²) in [6.45, 7) is 5.77. The maximum atomic E-state index is 13.0. The number of nitrogens with zero attached hydrogens (tertiary/aromatic N) is 1. The molecule has 6 rings (SSSR count). The van der Waals surface area contributed by atoms with E-state index < -0.39 is 29.5 Å². The van der Waals surface area contributed by atoms with Crippen LogP contribution in [0.15, 0.2) is 23.8 Å². The minimum Gasteiger partial charge on any atom is -0.481 e. The highest BCUT2D eigenvalue weighted by molar-refractivity contribution is 5.90. The summed E-state index contributed by atoms with van der Waals surface area (Å²) in [6.07, 6.45) is 7.95. The number of likely N-dealkylation sites (tertiary alicyclic amines) is 1. The highest BCUT2D eigenvalue weighted by Gasteiger charge is 2.67. The summed E-state index contributed by atoms with van der Waals surface area (Å²) in [5, 5.41) is 9.53. The van der Waals surface area contributed by atoms with Crippen molar-refractivity contribution in [1.29, 1.82) is 0 Å². The molecule has 0 aromatic heterocycles. The molecule has 24 heavy (non-hydrogen) atoms. The molecule has 0 radical (unpaired) electrons. The van der Waals surface area contributed by atoms with Crippen molar-refractivity contribution in [3.63, 3.8) is 0 Å². The summed E-state index contributed by atoms with van der Waals surface area (Å²) in [4.78, 5) is 26.4. The quantitative estimate of drug-likeness (QED) is 0.803. The number of carboxylic acids is 1. The molecule has 1 spiro atoms. The molecule has 3 heterocycles. The maximum Gasteiger partial charge on any atom is 0.310 e. The van der Waals surface area contributed by atoms with Crippen LogP contribution in [0.3, 0.4) is 0 Å². The van der Waals surface area contributed by atoms with Crippen LogP contribution in [0.2, 0.25) is 0 Å². The Kier molecular flexibility index (Phi) is 2.64. The van der Waals surface area contributed by atoms with Crippen LogP contribution in [0.1, 0.15) is 26.7 Å². The molecule has 3 aliphatic carbocycles. The number of rotatable bonds is 3. The normalized spacial score (nSPS) is 46.8. The monoisotopic (exact) mass is 329 g/mol. The molecule has 6 atom stereocenters. The van der Waals surface area contributed by atoms with Gasteiger partial charge in [-0.05, 0) is 30.1 Å². The Morgan fingerprint density at radius 3 is 2.92 bits per heavy atom. The highest BCUT2D eigenvalue weighted by Crippen LogP contribution is 2.60. The molecule has 5 heteroatoms.